The average molecular weight is 277 g/mol. The van der Waals surface area contributed by atoms with Crippen LogP contribution in [-0.2, 0) is 0 Å². The van der Waals surface area contributed by atoms with Gasteiger partial charge in [-0.15, -0.1) is 11.3 Å². The number of hydrogen-bond donors (Lipinski definition) is 1. The van der Waals surface area contributed by atoms with Gasteiger partial charge in [0.05, 0.1) is 5.52 Å². The summed E-state index contributed by atoms with van der Waals surface area (Å²) in [6.07, 6.45) is 7.39. The number of thiophene rings is 1. The Balaban J connectivity index is 1.88. The zero-order chi connectivity index (χ0) is 13.2. The summed E-state index contributed by atoms with van der Waals surface area (Å²) in [5.41, 5.74) is 8.39. The highest BCUT2D eigenvalue weighted by molar-refractivity contribution is 7.17. The Morgan fingerprint density at radius 2 is 2.11 bits per heavy atom. The van der Waals surface area contributed by atoms with E-state index in [1.165, 1.54) is 24.8 Å². The lowest BCUT2D eigenvalue weighted by atomic mass is 10.1. The number of ether oxygens (including phenoxy) is 1. The SMILES string of the molecule is Cc1csc2c(OC3CCCCCC3N)ncnc12. The van der Waals surface area contributed by atoms with Crippen molar-refractivity contribution in [1.29, 1.82) is 0 Å². The molecule has 0 spiro atoms. The largest absolute Gasteiger partial charge is 0.472 e. The molecule has 0 aliphatic heterocycles. The highest BCUT2D eigenvalue weighted by Gasteiger charge is 2.23. The first-order chi connectivity index (χ1) is 9.25. The third-order valence-electron chi connectivity index (χ3n) is 3.76. The van der Waals surface area contributed by atoms with Gasteiger partial charge in [0.1, 0.15) is 17.1 Å². The minimum absolute atomic E-state index is 0.0861. The van der Waals surface area contributed by atoms with Crippen LogP contribution in [0.25, 0.3) is 10.2 Å². The van der Waals surface area contributed by atoms with E-state index in [1.54, 1.807) is 17.7 Å². The molecule has 2 atom stereocenters. The van der Waals surface area contributed by atoms with Crippen LogP contribution in [0.2, 0.25) is 0 Å². The highest BCUT2D eigenvalue weighted by atomic mass is 32.1. The molecule has 102 valence electrons. The predicted molar refractivity (Wildman–Crippen MR) is 77.6 cm³/mol. The summed E-state index contributed by atoms with van der Waals surface area (Å²) < 4.78 is 7.15. The van der Waals surface area contributed by atoms with E-state index in [0.717, 1.165) is 23.1 Å². The van der Waals surface area contributed by atoms with Crippen LogP contribution < -0.4 is 10.5 Å². The number of fused-ring (bicyclic) bond motifs is 1. The van der Waals surface area contributed by atoms with E-state index >= 15 is 0 Å². The maximum atomic E-state index is 6.21. The monoisotopic (exact) mass is 277 g/mol. The fourth-order valence-corrected chi connectivity index (χ4v) is 3.56. The molecule has 2 unspecified atom stereocenters. The Labute approximate surface area is 117 Å². The molecular weight excluding hydrogens is 258 g/mol. The van der Waals surface area contributed by atoms with E-state index < -0.39 is 0 Å². The summed E-state index contributed by atoms with van der Waals surface area (Å²) >= 11 is 1.64. The zero-order valence-electron chi connectivity index (χ0n) is 11.1. The fraction of sp³-hybridized carbons (Fsp3) is 0.571. The van der Waals surface area contributed by atoms with Crippen molar-refractivity contribution < 1.29 is 4.74 Å². The Morgan fingerprint density at radius 1 is 1.26 bits per heavy atom. The third kappa shape index (κ3) is 2.58. The van der Waals surface area contributed by atoms with E-state index in [2.05, 4.69) is 22.3 Å². The van der Waals surface area contributed by atoms with Crippen molar-refractivity contribution in [2.45, 2.75) is 51.2 Å². The molecule has 0 bridgehead atoms. The first kappa shape index (κ1) is 12.8. The third-order valence-corrected chi connectivity index (χ3v) is 4.84. The lowest BCUT2D eigenvalue weighted by Gasteiger charge is -2.22. The first-order valence-corrected chi connectivity index (χ1v) is 7.74. The Morgan fingerprint density at radius 3 is 3.00 bits per heavy atom. The van der Waals surface area contributed by atoms with Crippen molar-refractivity contribution in [3.05, 3.63) is 17.3 Å². The molecular formula is C14H19N3OS. The van der Waals surface area contributed by atoms with Crippen molar-refractivity contribution in [2.24, 2.45) is 5.73 Å². The molecule has 0 aromatic carbocycles. The fourth-order valence-electron chi connectivity index (χ4n) is 2.62. The van der Waals surface area contributed by atoms with E-state index in [9.17, 15) is 0 Å². The molecule has 0 radical (unpaired) electrons. The van der Waals surface area contributed by atoms with Gasteiger partial charge < -0.3 is 10.5 Å². The highest BCUT2D eigenvalue weighted by Crippen LogP contribution is 2.32. The van der Waals surface area contributed by atoms with Crippen molar-refractivity contribution in [3.63, 3.8) is 0 Å². The zero-order valence-corrected chi connectivity index (χ0v) is 11.9. The summed E-state index contributed by atoms with van der Waals surface area (Å²) in [4.78, 5) is 8.62. The van der Waals surface area contributed by atoms with E-state index in [1.807, 2.05) is 0 Å². The molecule has 1 saturated carbocycles. The number of nitrogens with two attached hydrogens (primary N) is 1. The maximum Gasteiger partial charge on any atom is 0.235 e. The van der Waals surface area contributed by atoms with Gasteiger partial charge in [0.25, 0.3) is 0 Å². The number of hydrogen-bond acceptors (Lipinski definition) is 5. The average Bonchev–Trinajstić information content (AvgIpc) is 2.67. The summed E-state index contributed by atoms with van der Waals surface area (Å²) in [6.45, 7) is 2.06. The minimum Gasteiger partial charge on any atom is -0.472 e. The number of aryl methyl sites for hydroxylation is 1. The lowest BCUT2D eigenvalue weighted by Crippen LogP contribution is -2.38. The summed E-state index contributed by atoms with van der Waals surface area (Å²) in [5, 5.41) is 2.10. The molecule has 0 amide bonds. The Kier molecular flexibility index (Phi) is 3.66. The molecule has 2 aromatic rings. The van der Waals surface area contributed by atoms with Crippen LogP contribution in [0.15, 0.2) is 11.7 Å². The second kappa shape index (κ2) is 5.43. The molecule has 5 heteroatoms. The van der Waals surface area contributed by atoms with Crippen LogP contribution in [0.1, 0.15) is 37.7 Å². The quantitative estimate of drug-likeness (QED) is 0.857. The molecule has 19 heavy (non-hydrogen) atoms. The summed E-state index contributed by atoms with van der Waals surface area (Å²) in [7, 11) is 0. The van der Waals surface area contributed by atoms with Crippen LogP contribution in [-0.4, -0.2) is 22.1 Å². The summed E-state index contributed by atoms with van der Waals surface area (Å²) in [5.74, 6) is 0.699. The lowest BCUT2D eigenvalue weighted by molar-refractivity contribution is 0.158. The molecule has 1 fully saturated rings. The smallest absolute Gasteiger partial charge is 0.235 e. The van der Waals surface area contributed by atoms with Gasteiger partial charge >= 0.3 is 0 Å². The van der Waals surface area contributed by atoms with Crippen molar-refractivity contribution >= 4 is 21.6 Å². The van der Waals surface area contributed by atoms with Crippen LogP contribution >= 0.6 is 11.3 Å². The first-order valence-electron chi connectivity index (χ1n) is 6.87. The minimum atomic E-state index is 0.0861. The molecule has 2 heterocycles. The van der Waals surface area contributed by atoms with E-state index in [4.69, 9.17) is 10.5 Å². The van der Waals surface area contributed by atoms with Gasteiger partial charge in [-0.1, -0.05) is 12.8 Å². The van der Waals surface area contributed by atoms with Gasteiger partial charge in [0.2, 0.25) is 5.88 Å². The topological polar surface area (TPSA) is 61.0 Å². The standard InChI is InChI=1S/C14H19N3OS/c1-9-7-19-13-12(9)16-8-17-14(13)18-11-6-4-2-3-5-10(11)15/h7-8,10-11H,2-6,15H2,1H3. The molecule has 2 aromatic heterocycles. The predicted octanol–water partition coefficient (Wildman–Crippen LogP) is 3.04. The molecule has 3 rings (SSSR count). The van der Waals surface area contributed by atoms with Crippen LogP contribution in [0.5, 0.6) is 5.88 Å². The Bertz CT molecular complexity index is 569. The van der Waals surface area contributed by atoms with E-state index in [-0.39, 0.29) is 12.1 Å². The maximum absolute atomic E-state index is 6.21. The second-order valence-electron chi connectivity index (χ2n) is 5.23. The van der Waals surface area contributed by atoms with E-state index in [0.29, 0.717) is 5.88 Å². The van der Waals surface area contributed by atoms with Crippen molar-refractivity contribution in [3.8, 4) is 5.88 Å². The number of rotatable bonds is 2. The molecule has 4 nitrogen and oxygen atoms in total. The van der Waals surface area contributed by atoms with Gasteiger partial charge in [0, 0.05) is 6.04 Å². The number of nitrogens with zero attached hydrogens (tertiary/aromatic N) is 2. The van der Waals surface area contributed by atoms with Crippen LogP contribution in [0.3, 0.4) is 0 Å². The van der Waals surface area contributed by atoms with Crippen LogP contribution in [0.4, 0.5) is 0 Å². The molecule has 1 aliphatic rings. The Hall–Kier alpha value is -1.20. The normalized spacial score (nSPS) is 24.3. The van der Waals surface area contributed by atoms with Gasteiger partial charge in [-0.3, -0.25) is 0 Å². The second-order valence-corrected chi connectivity index (χ2v) is 6.11. The van der Waals surface area contributed by atoms with Gasteiger partial charge in [-0.2, -0.15) is 0 Å². The van der Waals surface area contributed by atoms with Crippen molar-refractivity contribution in [2.75, 3.05) is 0 Å². The summed E-state index contributed by atoms with van der Waals surface area (Å²) in [6, 6.07) is 0.119. The van der Waals surface area contributed by atoms with Gasteiger partial charge in [-0.05, 0) is 37.1 Å². The molecule has 1 aliphatic carbocycles. The molecule has 0 saturated heterocycles. The number of aromatic nitrogens is 2. The van der Waals surface area contributed by atoms with Gasteiger partial charge in [0.15, 0.2) is 0 Å². The molecule has 2 N–H and O–H groups in total. The van der Waals surface area contributed by atoms with Gasteiger partial charge in [-0.25, -0.2) is 9.97 Å². The van der Waals surface area contributed by atoms with Crippen molar-refractivity contribution in [1.82, 2.24) is 9.97 Å². The van der Waals surface area contributed by atoms with Crippen LogP contribution in [0, 0.1) is 6.92 Å².